The number of benzene rings is 1. The highest BCUT2D eigenvalue weighted by Crippen LogP contribution is 2.32. The van der Waals surface area contributed by atoms with Gasteiger partial charge in [0.2, 0.25) is 0 Å². The predicted molar refractivity (Wildman–Crippen MR) is 69.5 cm³/mol. The summed E-state index contributed by atoms with van der Waals surface area (Å²) < 4.78 is 7.06. The van der Waals surface area contributed by atoms with E-state index in [0.29, 0.717) is 11.4 Å². The molecule has 0 aliphatic carbocycles. The molecule has 2 rings (SSSR count). The van der Waals surface area contributed by atoms with E-state index in [1.807, 2.05) is 42.9 Å². The largest absolute Gasteiger partial charge is 0.495 e. The fourth-order valence-corrected chi connectivity index (χ4v) is 2.50. The Kier molecular flexibility index (Phi) is 3.28. The number of aromatic nitrogens is 2. The maximum atomic E-state index is 5.78. The van der Waals surface area contributed by atoms with Crippen molar-refractivity contribution in [2.24, 2.45) is 7.05 Å². The monoisotopic (exact) mass is 249 g/mol. The van der Waals surface area contributed by atoms with Crippen LogP contribution < -0.4 is 10.5 Å². The third-order valence-electron chi connectivity index (χ3n) is 2.39. The third kappa shape index (κ3) is 2.55. The predicted octanol–water partition coefficient (Wildman–Crippen LogP) is 2.47. The summed E-state index contributed by atoms with van der Waals surface area (Å²) in [5, 5.41) is 5.40. The summed E-state index contributed by atoms with van der Waals surface area (Å²) >= 11 is 1.64. The molecular formula is C12H15N3OS. The van der Waals surface area contributed by atoms with Crippen molar-refractivity contribution < 1.29 is 4.74 Å². The molecule has 5 heteroatoms. The average Bonchev–Trinajstić information content (AvgIpc) is 2.60. The maximum Gasteiger partial charge on any atom is 0.142 e. The highest BCUT2D eigenvalue weighted by atomic mass is 32.2. The topological polar surface area (TPSA) is 53.1 Å². The molecular weight excluding hydrogens is 234 g/mol. The van der Waals surface area contributed by atoms with Gasteiger partial charge in [-0.3, -0.25) is 4.68 Å². The van der Waals surface area contributed by atoms with E-state index < -0.39 is 0 Å². The zero-order chi connectivity index (χ0) is 12.4. The molecule has 2 aromatic rings. The van der Waals surface area contributed by atoms with E-state index in [-0.39, 0.29) is 0 Å². The molecule has 2 N–H and O–H groups in total. The fraction of sp³-hybridized carbons (Fsp3) is 0.250. The van der Waals surface area contributed by atoms with Crippen LogP contribution in [0.5, 0.6) is 5.75 Å². The van der Waals surface area contributed by atoms with E-state index in [1.165, 1.54) is 0 Å². The van der Waals surface area contributed by atoms with E-state index in [0.717, 1.165) is 15.6 Å². The van der Waals surface area contributed by atoms with Gasteiger partial charge in [0.15, 0.2) is 0 Å². The number of nitrogens with two attached hydrogens (primary N) is 1. The third-order valence-corrected chi connectivity index (χ3v) is 3.47. The van der Waals surface area contributed by atoms with Crippen LogP contribution in [0.4, 0.5) is 5.69 Å². The summed E-state index contributed by atoms with van der Waals surface area (Å²) in [7, 11) is 3.55. The van der Waals surface area contributed by atoms with Crippen molar-refractivity contribution in [3.63, 3.8) is 0 Å². The molecule has 1 aromatic carbocycles. The highest BCUT2D eigenvalue weighted by Gasteiger charge is 2.06. The second-order valence-electron chi connectivity index (χ2n) is 3.75. The van der Waals surface area contributed by atoms with Gasteiger partial charge in [0, 0.05) is 11.9 Å². The molecule has 1 aromatic heterocycles. The molecule has 0 saturated carbocycles. The molecule has 0 unspecified atom stereocenters. The molecule has 0 bridgehead atoms. The number of methoxy groups -OCH3 is 1. The molecule has 0 atom stereocenters. The second-order valence-corrected chi connectivity index (χ2v) is 4.85. The number of rotatable bonds is 3. The fourth-order valence-electron chi connectivity index (χ4n) is 1.56. The Morgan fingerprint density at radius 3 is 2.71 bits per heavy atom. The normalized spacial score (nSPS) is 10.5. The molecule has 90 valence electrons. The maximum absolute atomic E-state index is 5.78. The lowest BCUT2D eigenvalue weighted by Crippen LogP contribution is -1.94. The Balaban J connectivity index is 2.27. The lowest BCUT2D eigenvalue weighted by Gasteiger charge is -2.07. The van der Waals surface area contributed by atoms with Crippen molar-refractivity contribution in [1.29, 1.82) is 0 Å². The average molecular weight is 249 g/mol. The van der Waals surface area contributed by atoms with Crippen LogP contribution >= 0.6 is 11.8 Å². The van der Waals surface area contributed by atoms with Crippen LogP contribution in [0.25, 0.3) is 0 Å². The number of nitrogen functional groups attached to an aromatic ring is 1. The zero-order valence-corrected chi connectivity index (χ0v) is 10.9. The van der Waals surface area contributed by atoms with Crippen LogP contribution in [-0.4, -0.2) is 16.9 Å². The van der Waals surface area contributed by atoms with Crippen molar-refractivity contribution in [3.05, 3.63) is 30.0 Å². The van der Waals surface area contributed by atoms with Crippen LogP contribution in [0, 0.1) is 6.92 Å². The quantitative estimate of drug-likeness (QED) is 0.849. The number of ether oxygens (including phenoxy) is 1. The summed E-state index contributed by atoms with van der Waals surface area (Å²) in [6.07, 6.45) is 0. The minimum absolute atomic E-state index is 0.651. The van der Waals surface area contributed by atoms with E-state index in [4.69, 9.17) is 10.5 Å². The first-order chi connectivity index (χ1) is 8.10. The van der Waals surface area contributed by atoms with Gasteiger partial charge >= 0.3 is 0 Å². The molecule has 0 spiro atoms. The van der Waals surface area contributed by atoms with Gasteiger partial charge in [-0.25, -0.2) is 0 Å². The van der Waals surface area contributed by atoms with Gasteiger partial charge in [-0.2, -0.15) is 5.10 Å². The van der Waals surface area contributed by atoms with Gasteiger partial charge < -0.3 is 10.5 Å². The van der Waals surface area contributed by atoms with E-state index in [1.54, 1.807) is 18.9 Å². The Morgan fingerprint density at radius 1 is 1.35 bits per heavy atom. The smallest absolute Gasteiger partial charge is 0.142 e. The van der Waals surface area contributed by atoms with Crippen LogP contribution in [-0.2, 0) is 7.05 Å². The lowest BCUT2D eigenvalue weighted by atomic mass is 10.3. The summed E-state index contributed by atoms with van der Waals surface area (Å²) in [6.45, 7) is 1.98. The lowest BCUT2D eigenvalue weighted by molar-refractivity contribution is 0.416. The summed E-state index contributed by atoms with van der Waals surface area (Å²) in [5.74, 6) is 0.703. The second kappa shape index (κ2) is 4.71. The van der Waals surface area contributed by atoms with Crippen LogP contribution in [0.1, 0.15) is 5.69 Å². The molecule has 0 fully saturated rings. The number of anilines is 1. The van der Waals surface area contributed by atoms with Crippen molar-refractivity contribution in [2.45, 2.75) is 16.8 Å². The first-order valence-corrected chi connectivity index (χ1v) is 6.04. The van der Waals surface area contributed by atoms with Crippen molar-refractivity contribution in [1.82, 2.24) is 9.78 Å². The minimum Gasteiger partial charge on any atom is -0.495 e. The van der Waals surface area contributed by atoms with Crippen molar-refractivity contribution >= 4 is 17.4 Å². The SMILES string of the molecule is COc1cc(Sc2cc(C)nn2C)ccc1N. The molecule has 0 radical (unpaired) electrons. The first-order valence-electron chi connectivity index (χ1n) is 5.22. The number of hydrogen-bond donors (Lipinski definition) is 1. The molecule has 0 saturated heterocycles. The van der Waals surface area contributed by atoms with Gasteiger partial charge in [0.1, 0.15) is 5.75 Å². The van der Waals surface area contributed by atoms with Gasteiger partial charge in [-0.1, -0.05) is 11.8 Å². The standard InChI is InChI=1S/C12H15N3OS/c1-8-6-12(15(2)14-8)17-9-4-5-10(13)11(7-9)16-3/h4-7H,13H2,1-3H3. The number of nitrogens with zero attached hydrogens (tertiary/aromatic N) is 2. The van der Waals surface area contributed by atoms with Gasteiger partial charge in [-0.05, 0) is 31.2 Å². The van der Waals surface area contributed by atoms with Crippen LogP contribution in [0.15, 0.2) is 34.2 Å². The van der Waals surface area contributed by atoms with E-state index >= 15 is 0 Å². The summed E-state index contributed by atoms with van der Waals surface area (Å²) in [6, 6.07) is 7.81. The minimum atomic E-state index is 0.651. The summed E-state index contributed by atoms with van der Waals surface area (Å²) in [5.41, 5.74) is 7.44. The van der Waals surface area contributed by atoms with Crippen LogP contribution in [0.2, 0.25) is 0 Å². The molecule has 17 heavy (non-hydrogen) atoms. The Hall–Kier alpha value is -1.62. The molecule has 0 aliphatic heterocycles. The zero-order valence-electron chi connectivity index (χ0n) is 10.1. The van der Waals surface area contributed by atoms with Crippen molar-refractivity contribution in [2.75, 3.05) is 12.8 Å². The Morgan fingerprint density at radius 2 is 2.12 bits per heavy atom. The van der Waals surface area contributed by atoms with Gasteiger partial charge in [0.25, 0.3) is 0 Å². The number of aryl methyl sites for hydroxylation is 2. The molecule has 4 nitrogen and oxygen atoms in total. The Labute approximate surface area is 105 Å². The molecule has 0 amide bonds. The first kappa shape index (κ1) is 11.9. The molecule has 1 heterocycles. The number of hydrogen-bond acceptors (Lipinski definition) is 4. The van der Waals surface area contributed by atoms with Crippen molar-refractivity contribution in [3.8, 4) is 5.75 Å². The van der Waals surface area contributed by atoms with Crippen LogP contribution in [0.3, 0.4) is 0 Å². The molecule has 0 aliphatic rings. The van der Waals surface area contributed by atoms with Gasteiger partial charge in [0.05, 0.1) is 23.5 Å². The summed E-state index contributed by atoms with van der Waals surface area (Å²) in [4.78, 5) is 1.08. The Bertz CT molecular complexity index is 537. The highest BCUT2D eigenvalue weighted by molar-refractivity contribution is 7.99. The van der Waals surface area contributed by atoms with E-state index in [2.05, 4.69) is 5.10 Å². The van der Waals surface area contributed by atoms with Gasteiger partial charge in [-0.15, -0.1) is 0 Å². The van der Waals surface area contributed by atoms with E-state index in [9.17, 15) is 0 Å².